The van der Waals surface area contributed by atoms with Crippen molar-refractivity contribution < 1.29 is 9.47 Å². The van der Waals surface area contributed by atoms with Crippen molar-refractivity contribution in [1.29, 1.82) is 0 Å². The van der Waals surface area contributed by atoms with Crippen LogP contribution in [0.15, 0.2) is 18.2 Å². The maximum Gasteiger partial charge on any atom is 0.127 e. The van der Waals surface area contributed by atoms with Crippen molar-refractivity contribution in [3.8, 4) is 11.5 Å². The molecule has 0 aliphatic carbocycles. The summed E-state index contributed by atoms with van der Waals surface area (Å²) in [6.07, 6.45) is 1.11. The van der Waals surface area contributed by atoms with Gasteiger partial charge in [-0.1, -0.05) is 26.3 Å². The van der Waals surface area contributed by atoms with Gasteiger partial charge < -0.3 is 15.2 Å². The Morgan fingerprint density at radius 1 is 1.38 bits per heavy atom. The number of hydrogen-bond acceptors (Lipinski definition) is 3. The van der Waals surface area contributed by atoms with Gasteiger partial charge >= 0.3 is 0 Å². The molecule has 0 aliphatic heterocycles. The minimum Gasteiger partial charge on any atom is -0.497 e. The fraction of sp³-hybridized carbons (Fsp3) is 0.538. The minimum absolute atomic E-state index is 0.486. The normalized spacial score (nSPS) is 12.2. The van der Waals surface area contributed by atoms with E-state index >= 15 is 0 Å². The molecule has 0 saturated heterocycles. The van der Waals surface area contributed by atoms with Crippen molar-refractivity contribution in [1.82, 2.24) is 0 Å². The van der Waals surface area contributed by atoms with Crippen LogP contribution in [-0.4, -0.2) is 13.7 Å². The largest absolute Gasteiger partial charge is 0.497 e. The van der Waals surface area contributed by atoms with Crippen LogP contribution >= 0.6 is 0 Å². The molecule has 1 aromatic carbocycles. The van der Waals surface area contributed by atoms with Crippen LogP contribution in [0.25, 0.3) is 0 Å². The molecule has 0 saturated carbocycles. The summed E-state index contributed by atoms with van der Waals surface area (Å²) in [7, 11) is 1.65. The van der Waals surface area contributed by atoms with E-state index in [0.29, 0.717) is 12.5 Å². The van der Waals surface area contributed by atoms with Crippen LogP contribution in [0.5, 0.6) is 11.5 Å². The lowest BCUT2D eigenvalue weighted by atomic mass is 10.1. The molecule has 0 aromatic heterocycles. The van der Waals surface area contributed by atoms with E-state index in [-0.39, 0.29) is 0 Å². The first-order valence-corrected chi connectivity index (χ1v) is 5.71. The van der Waals surface area contributed by atoms with Crippen LogP contribution < -0.4 is 15.2 Å². The highest BCUT2D eigenvalue weighted by atomic mass is 16.5. The Labute approximate surface area is 97.6 Å². The molecule has 1 atom stereocenters. The molecule has 0 heterocycles. The van der Waals surface area contributed by atoms with Crippen molar-refractivity contribution >= 4 is 0 Å². The van der Waals surface area contributed by atoms with Gasteiger partial charge in [-0.2, -0.15) is 0 Å². The summed E-state index contributed by atoms with van der Waals surface area (Å²) in [5.74, 6) is 2.19. The average Bonchev–Trinajstić information content (AvgIpc) is 2.35. The lowest BCUT2D eigenvalue weighted by molar-refractivity contribution is 0.253. The Morgan fingerprint density at radius 2 is 2.12 bits per heavy atom. The van der Waals surface area contributed by atoms with Gasteiger partial charge in [-0.25, -0.2) is 0 Å². The highest BCUT2D eigenvalue weighted by molar-refractivity contribution is 5.40. The SMILES string of the molecule is CCC(C)COc1cc(OC)ccc1CN. The van der Waals surface area contributed by atoms with E-state index in [0.717, 1.165) is 30.1 Å². The minimum atomic E-state index is 0.486. The van der Waals surface area contributed by atoms with Crippen molar-refractivity contribution in [2.24, 2.45) is 11.7 Å². The molecule has 0 amide bonds. The number of ether oxygens (including phenoxy) is 2. The third kappa shape index (κ3) is 3.42. The van der Waals surface area contributed by atoms with Gasteiger partial charge in [0, 0.05) is 18.2 Å². The van der Waals surface area contributed by atoms with Crippen molar-refractivity contribution in [2.75, 3.05) is 13.7 Å². The van der Waals surface area contributed by atoms with Crippen molar-refractivity contribution in [3.63, 3.8) is 0 Å². The van der Waals surface area contributed by atoms with Gasteiger partial charge in [-0.15, -0.1) is 0 Å². The number of methoxy groups -OCH3 is 1. The highest BCUT2D eigenvalue weighted by Gasteiger charge is 2.06. The van der Waals surface area contributed by atoms with Gasteiger partial charge in [0.15, 0.2) is 0 Å². The fourth-order valence-corrected chi connectivity index (χ4v) is 1.31. The van der Waals surface area contributed by atoms with E-state index in [2.05, 4.69) is 13.8 Å². The summed E-state index contributed by atoms with van der Waals surface area (Å²) >= 11 is 0. The molecule has 0 bridgehead atoms. The molecule has 0 spiro atoms. The maximum atomic E-state index is 5.76. The van der Waals surface area contributed by atoms with Crippen LogP contribution in [0.2, 0.25) is 0 Å². The van der Waals surface area contributed by atoms with E-state index in [1.165, 1.54) is 0 Å². The lowest BCUT2D eigenvalue weighted by Crippen LogP contribution is -2.09. The summed E-state index contributed by atoms with van der Waals surface area (Å²) < 4.78 is 10.9. The first kappa shape index (κ1) is 12.8. The molecule has 16 heavy (non-hydrogen) atoms. The summed E-state index contributed by atoms with van der Waals surface area (Å²) in [6.45, 7) is 5.53. The quantitative estimate of drug-likeness (QED) is 0.806. The summed E-state index contributed by atoms with van der Waals surface area (Å²) in [5, 5.41) is 0. The molecule has 1 unspecified atom stereocenters. The first-order valence-electron chi connectivity index (χ1n) is 5.71. The highest BCUT2D eigenvalue weighted by Crippen LogP contribution is 2.25. The van der Waals surface area contributed by atoms with E-state index in [1.54, 1.807) is 7.11 Å². The predicted molar refractivity (Wildman–Crippen MR) is 65.8 cm³/mol. The lowest BCUT2D eigenvalue weighted by Gasteiger charge is -2.14. The van der Waals surface area contributed by atoms with Gasteiger partial charge in [0.25, 0.3) is 0 Å². The zero-order valence-electron chi connectivity index (χ0n) is 10.3. The van der Waals surface area contributed by atoms with Crippen molar-refractivity contribution in [3.05, 3.63) is 23.8 Å². The van der Waals surface area contributed by atoms with Gasteiger partial charge in [0.1, 0.15) is 11.5 Å². The molecule has 0 aliphatic rings. The Balaban J connectivity index is 2.75. The third-order valence-corrected chi connectivity index (χ3v) is 2.71. The van der Waals surface area contributed by atoms with Gasteiger partial charge in [0.2, 0.25) is 0 Å². The Kier molecular flexibility index (Phi) is 5.12. The molecule has 90 valence electrons. The maximum absolute atomic E-state index is 5.76. The molecule has 0 radical (unpaired) electrons. The third-order valence-electron chi connectivity index (χ3n) is 2.71. The second-order valence-corrected chi connectivity index (χ2v) is 4.00. The molecular formula is C13H21NO2. The average molecular weight is 223 g/mol. The number of benzene rings is 1. The van der Waals surface area contributed by atoms with Gasteiger partial charge in [-0.3, -0.25) is 0 Å². The Bertz CT molecular complexity index is 326. The predicted octanol–water partition coefficient (Wildman–Crippen LogP) is 2.58. The van der Waals surface area contributed by atoms with E-state index in [4.69, 9.17) is 15.2 Å². The van der Waals surface area contributed by atoms with Gasteiger partial charge in [-0.05, 0) is 12.0 Å². The zero-order valence-corrected chi connectivity index (χ0v) is 10.3. The Hall–Kier alpha value is -1.22. The topological polar surface area (TPSA) is 44.5 Å². The van der Waals surface area contributed by atoms with Crippen LogP contribution in [-0.2, 0) is 6.54 Å². The zero-order chi connectivity index (χ0) is 12.0. The van der Waals surface area contributed by atoms with E-state index in [1.807, 2.05) is 18.2 Å². The monoisotopic (exact) mass is 223 g/mol. The first-order chi connectivity index (χ1) is 7.71. The molecule has 2 N–H and O–H groups in total. The molecule has 3 nitrogen and oxygen atoms in total. The fourth-order valence-electron chi connectivity index (χ4n) is 1.31. The molecule has 0 fully saturated rings. The summed E-state index contributed by atoms with van der Waals surface area (Å²) in [5.41, 5.74) is 6.68. The van der Waals surface area contributed by atoms with Crippen LogP contribution in [0.4, 0.5) is 0 Å². The number of rotatable bonds is 6. The smallest absolute Gasteiger partial charge is 0.127 e. The second kappa shape index (κ2) is 6.38. The van der Waals surface area contributed by atoms with Gasteiger partial charge in [0.05, 0.1) is 13.7 Å². The molecule has 1 rings (SSSR count). The summed E-state index contributed by atoms with van der Waals surface area (Å²) in [6, 6.07) is 5.74. The van der Waals surface area contributed by atoms with E-state index in [9.17, 15) is 0 Å². The molecule has 3 heteroatoms. The Morgan fingerprint density at radius 3 is 2.69 bits per heavy atom. The number of nitrogens with two attached hydrogens (primary N) is 1. The van der Waals surface area contributed by atoms with Crippen LogP contribution in [0.3, 0.4) is 0 Å². The van der Waals surface area contributed by atoms with Crippen LogP contribution in [0, 0.1) is 5.92 Å². The summed E-state index contributed by atoms with van der Waals surface area (Å²) in [4.78, 5) is 0. The molecule has 1 aromatic rings. The van der Waals surface area contributed by atoms with Crippen molar-refractivity contribution in [2.45, 2.75) is 26.8 Å². The number of hydrogen-bond donors (Lipinski definition) is 1. The van der Waals surface area contributed by atoms with E-state index < -0.39 is 0 Å². The van der Waals surface area contributed by atoms with Crippen LogP contribution in [0.1, 0.15) is 25.8 Å². The molecular weight excluding hydrogens is 202 g/mol. The standard InChI is InChI=1S/C13H21NO2/c1-4-10(2)9-16-13-7-12(15-3)6-5-11(13)8-14/h5-7,10H,4,8-9,14H2,1-3H3. The second-order valence-electron chi connectivity index (χ2n) is 4.00.